The molecule has 2 aliphatic rings. The third-order valence-electron chi connectivity index (χ3n) is 3.25. The first-order valence-electron chi connectivity index (χ1n) is 6.63. The Kier molecular flexibility index (Phi) is 6.63. The molecule has 14 nitrogen and oxygen atoms in total. The lowest BCUT2D eigenvalue weighted by molar-refractivity contribution is -0.125. The van der Waals surface area contributed by atoms with Crippen LogP contribution in [0, 0.1) is 0 Å². The zero-order valence-corrected chi connectivity index (χ0v) is 13.7. The molecule has 2 rings (SSSR count). The monoisotopic (exact) mass is 383 g/mol. The number of hydroxylamine groups is 2. The quantitative estimate of drug-likeness (QED) is 0.192. The molecule has 0 unspecified atom stereocenters. The van der Waals surface area contributed by atoms with Crippen LogP contribution in [-0.2, 0) is 24.8 Å². The zero-order chi connectivity index (χ0) is 19.4. The smallest absolute Gasteiger partial charge is 0.386 e. The molecule has 2 heterocycles. The van der Waals surface area contributed by atoms with Crippen LogP contribution >= 0.6 is 0 Å². The van der Waals surface area contributed by atoms with Crippen molar-refractivity contribution in [2.24, 2.45) is 10.9 Å². The Morgan fingerprint density at radius 1 is 1.44 bits per heavy atom. The summed E-state index contributed by atoms with van der Waals surface area (Å²) in [7, 11) is -3.22. The van der Waals surface area contributed by atoms with Gasteiger partial charge in [0.05, 0.1) is 12.3 Å². The number of hydrogen-bond donors (Lipinski definition) is 5. The highest BCUT2D eigenvalue weighted by Crippen LogP contribution is 2.27. The van der Waals surface area contributed by atoms with Gasteiger partial charge in [-0.15, -0.1) is 0 Å². The van der Waals surface area contributed by atoms with E-state index in [1.54, 1.807) is 0 Å². The van der Waals surface area contributed by atoms with Crippen LogP contribution in [0.1, 0.15) is 6.42 Å². The second kappa shape index (κ2) is 8.06. The van der Waals surface area contributed by atoms with Gasteiger partial charge in [0.25, 0.3) is 5.91 Å². The molecule has 0 saturated carbocycles. The van der Waals surface area contributed by atoms with Crippen molar-refractivity contribution >= 4 is 34.0 Å². The number of nitrogens with two attached hydrogens (primary N) is 1. The minimum absolute atomic E-state index is 0.0660. The van der Waals surface area contributed by atoms with Crippen molar-refractivity contribution < 1.29 is 42.0 Å². The van der Waals surface area contributed by atoms with E-state index >= 15 is 0 Å². The number of primary amides is 1. The Hall–Kier alpha value is -2.49. The molecule has 2 saturated heterocycles. The summed E-state index contributed by atoms with van der Waals surface area (Å²) in [5, 5.41) is 16.2. The number of carbonyl (C=O) groups excluding carboxylic acids is 3. The molecule has 4 amide bonds. The lowest BCUT2D eigenvalue weighted by atomic mass is 9.98. The van der Waals surface area contributed by atoms with Crippen LogP contribution < -0.4 is 11.1 Å². The number of carbonyl (C=O) groups is 3. The third-order valence-corrected chi connectivity index (χ3v) is 3.25. The minimum atomic E-state index is -4.67. The first-order chi connectivity index (χ1) is 11.5. The van der Waals surface area contributed by atoms with Crippen molar-refractivity contribution in [3.8, 4) is 0 Å². The molecule has 142 valence electrons. The van der Waals surface area contributed by atoms with Gasteiger partial charge in [-0.05, 0) is 0 Å². The van der Waals surface area contributed by atoms with Crippen molar-refractivity contribution in [3.63, 3.8) is 0 Å². The van der Waals surface area contributed by atoms with E-state index in [1.165, 1.54) is 11.9 Å². The van der Waals surface area contributed by atoms with Gasteiger partial charge in [-0.2, -0.15) is 13.5 Å². The van der Waals surface area contributed by atoms with Crippen LogP contribution in [0.2, 0.25) is 0 Å². The normalized spacial score (nSPS) is 23.8. The van der Waals surface area contributed by atoms with Crippen LogP contribution in [0.5, 0.6) is 0 Å². The number of urea groups is 1. The molecule has 2 fully saturated rings. The molecule has 0 aliphatic carbocycles. The number of likely N-dealkylation sites (N-methyl/N-ethyl adjacent to an activating group) is 1. The van der Waals surface area contributed by atoms with Gasteiger partial charge in [0.1, 0.15) is 12.1 Å². The summed E-state index contributed by atoms with van der Waals surface area (Å²) in [4.78, 5) is 40.1. The molecule has 2 aliphatic heterocycles. The van der Waals surface area contributed by atoms with Crippen LogP contribution in [0.4, 0.5) is 4.79 Å². The number of nitrogens with one attached hydrogen (secondary N) is 1. The zero-order valence-electron chi connectivity index (χ0n) is 12.9. The van der Waals surface area contributed by atoms with Crippen molar-refractivity contribution in [1.29, 1.82) is 0 Å². The Bertz CT molecular complexity index is 670. The van der Waals surface area contributed by atoms with Gasteiger partial charge >= 0.3 is 16.4 Å². The van der Waals surface area contributed by atoms with E-state index in [4.69, 9.17) is 28.1 Å². The van der Waals surface area contributed by atoms with E-state index in [1.807, 2.05) is 0 Å². The lowest BCUT2D eigenvalue weighted by Crippen LogP contribution is -2.51. The highest BCUT2D eigenvalue weighted by atomic mass is 32.3. The van der Waals surface area contributed by atoms with E-state index in [0.29, 0.717) is 10.8 Å². The van der Waals surface area contributed by atoms with Crippen molar-refractivity contribution in [2.75, 3.05) is 20.2 Å². The molecule has 0 radical (unpaired) electrons. The molecule has 0 aromatic heterocycles. The van der Waals surface area contributed by atoms with E-state index in [2.05, 4.69) is 10.5 Å². The van der Waals surface area contributed by atoms with Gasteiger partial charge in [-0.3, -0.25) is 23.9 Å². The SMILES string of the molecule is CNC(=O)CON=C1C[C@@H](C(N)=O)N2C[C@@H]1N(O)C2=O.O=S(=O)(O)O. The molecule has 0 aromatic rings. The van der Waals surface area contributed by atoms with E-state index in [9.17, 15) is 19.6 Å². The molecule has 0 spiro atoms. The molecule has 2 atom stereocenters. The highest BCUT2D eigenvalue weighted by Gasteiger charge is 2.50. The first-order valence-corrected chi connectivity index (χ1v) is 8.02. The minimum Gasteiger partial charge on any atom is -0.386 e. The summed E-state index contributed by atoms with van der Waals surface area (Å²) in [5.74, 6) is -1.06. The summed E-state index contributed by atoms with van der Waals surface area (Å²) in [5.41, 5.74) is 5.52. The van der Waals surface area contributed by atoms with Gasteiger partial charge in [-0.1, -0.05) is 5.16 Å². The third kappa shape index (κ3) is 5.82. The number of oxime groups is 1. The standard InChI is InChI=1S/C10H15N5O5.H2O4S/c1-12-8(16)4-20-13-5-2-6(9(11)17)14-3-7(5)15(19)10(14)18;1-5(2,3)4/h6-7,19H,2-4H2,1H3,(H2,11,17)(H,12,16);(H2,1,2,3,4)/t6-,7-;/m0./s1. The van der Waals surface area contributed by atoms with Crippen LogP contribution in [-0.4, -0.2) is 88.5 Å². The summed E-state index contributed by atoms with van der Waals surface area (Å²) >= 11 is 0. The maximum Gasteiger partial charge on any atom is 0.394 e. The van der Waals surface area contributed by atoms with Gasteiger partial charge in [0.2, 0.25) is 5.91 Å². The average molecular weight is 383 g/mol. The fourth-order valence-corrected chi connectivity index (χ4v) is 2.16. The maximum atomic E-state index is 11.7. The average Bonchev–Trinajstić information content (AvgIpc) is 2.73. The maximum absolute atomic E-state index is 11.7. The molecular weight excluding hydrogens is 366 g/mol. The summed E-state index contributed by atoms with van der Waals surface area (Å²) in [6.45, 7) is -0.192. The van der Waals surface area contributed by atoms with E-state index < -0.39 is 34.4 Å². The van der Waals surface area contributed by atoms with Gasteiger partial charge in [-0.25, -0.2) is 4.79 Å². The summed E-state index contributed by atoms with van der Waals surface area (Å²) < 4.78 is 31.6. The molecule has 15 heteroatoms. The Morgan fingerprint density at radius 2 is 2.00 bits per heavy atom. The fraction of sp³-hybridized carbons (Fsp3) is 0.600. The number of fused-ring (bicyclic) bond motifs is 2. The number of amides is 4. The predicted octanol–water partition coefficient (Wildman–Crippen LogP) is -2.79. The van der Waals surface area contributed by atoms with E-state index in [-0.39, 0.29) is 25.5 Å². The van der Waals surface area contributed by atoms with E-state index in [0.717, 1.165) is 0 Å². The molecular formula is C10H17N5O9S. The lowest BCUT2D eigenvalue weighted by Gasteiger charge is -2.28. The topological polar surface area (TPSA) is 212 Å². The van der Waals surface area contributed by atoms with Gasteiger partial charge in [0.15, 0.2) is 6.61 Å². The summed E-state index contributed by atoms with van der Waals surface area (Å²) in [6.07, 6.45) is 0.0660. The number of rotatable bonds is 4. The number of piperidine rings is 1. The first kappa shape index (κ1) is 20.6. The molecule has 6 N–H and O–H groups in total. The summed E-state index contributed by atoms with van der Waals surface area (Å²) in [6, 6.07) is -2.27. The van der Waals surface area contributed by atoms with Gasteiger partial charge in [0, 0.05) is 13.5 Å². The van der Waals surface area contributed by atoms with Crippen molar-refractivity contribution in [1.82, 2.24) is 15.3 Å². The van der Waals surface area contributed by atoms with Crippen LogP contribution in [0.3, 0.4) is 0 Å². The molecule has 0 aromatic carbocycles. The number of hydrogen-bond acceptors (Lipinski definition) is 8. The largest absolute Gasteiger partial charge is 0.394 e. The Labute approximate surface area is 141 Å². The van der Waals surface area contributed by atoms with Crippen LogP contribution in [0.15, 0.2) is 5.16 Å². The second-order valence-corrected chi connectivity index (χ2v) is 5.79. The fourth-order valence-electron chi connectivity index (χ4n) is 2.16. The van der Waals surface area contributed by atoms with Gasteiger partial charge < -0.3 is 20.8 Å². The Balaban J connectivity index is 0.000000550. The predicted molar refractivity (Wildman–Crippen MR) is 78.7 cm³/mol. The second-order valence-electron chi connectivity index (χ2n) is 4.89. The molecule has 25 heavy (non-hydrogen) atoms. The molecule has 2 bridgehead atoms. The Morgan fingerprint density at radius 3 is 2.48 bits per heavy atom. The highest BCUT2D eigenvalue weighted by molar-refractivity contribution is 7.79. The van der Waals surface area contributed by atoms with Crippen molar-refractivity contribution in [3.05, 3.63) is 0 Å². The number of nitrogens with zero attached hydrogens (tertiary/aromatic N) is 3. The van der Waals surface area contributed by atoms with Crippen LogP contribution in [0.25, 0.3) is 0 Å². The van der Waals surface area contributed by atoms with Crippen molar-refractivity contribution in [2.45, 2.75) is 18.5 Å².